The second-order valence-corrected chi connectivity index (χ2v) is 5.34. The molecule has 0 saturated carbocycles. The van der Waals surface area contributed by atoms with Gasteiger partial charge in [-0.15, -0.1) is 0 Å². The molecule has 1 N–H and O–H groups in total. The molecule has 0 bridgehead atoms. The first-order valence-electron chi connectivity index (χ1n) is 3.92. The Labute approximate surface area is 72.3 Å². The maximum atomic E-state index is 10.8. The van der Waals surface area contributed by atoms with Crippen LogP contribution >= 0.6 is 11.9 Å². The van der Waals surface area contributed by atoms with Gasteiger partial charge in [0.1, 0.15) is 0 Å². The lowest BCUT2D eigenvalue weighted by Crippen LogP contribution is -2.13. The monoisotopic (exact) mass is 173 g/mol. The maximum Gasteiger partial charge on any atom is 0.230 e. The van der Waals surface area contributed by atoms with Crippen molar-refractivity contribution in [3.05, 3.63) is 0 Å². The van der Waals surface area contributed by atoms with Gasteiger partial charge in [0.25, 0.3) is 0 Å². The Morgan fingerprint density at radius 3 is 2.64 bits per heavy atom. The zero-order chi connectivity index (χ0) is 8.48. The molecule has 3 heteroatoms. The molecule has 0 aromatic heterocycles. The Kier molecular flexibility index (Phi) is 2.47. The average Bonchev–Trinajstić information content (AvgIpc) is 2.10. The number of carbonyl (C=O) groups is 1. The van der Waals surface area contributed by atoms with Crippen LogP contribution in [0.15, 0.2) is 0 Å². The van der Waals surface area contributed by atoms with Crippen LogP contribution < -0.4 is 4.72 Å². The number of hydrogen-bond acceptors (Lipinski definition) is 2. The zero-order valence-corrected chi connectivity index (χ0v) is 8.12. The summed E-state index contributed by atoms with van der Waals surface area (Å²) in [7, 11) is 0. The first kappa shape index (κ1) is 8.91. The molecule has 64 valence electrons. The molecule has 1 saturated heterocycles. The lowest BCUT2D eigenvalue weighted by Gasteiger charge is -2.20. The molecule has 1 rings (SSSR count). The van der Waals surface area contributed by atoms with Crippen molar-refractivity contribution in [2.24, 2.45) is 5.41 Å². The summed E-state index contributed by atoms with van der Waals surface area (Å²) in [6, 6.07) is 0. The summed E-state index contributed by atoms with van der Waals surface area (Å²) in [5.74, 6) is 0.184. The van der Waals surface area contributed by atoms with E-state index in [9.17, 15) is 4.79 Å². The molecule has 1 aliphatic heterocycles. The third-order valence-corrected chi connectivity index (χ3v) is 2.60. The highest BCUT2D eigenvalue weighted by Crippen LogP contribution is 2.31. The van der Waals surface area contributed by atoms with E-state index in [-0.39, 0.29) is 5.91 Å². The van der Waals surface area contributed by atoms with E-state index >= 15 is 0 Å². The number of hydrogen-bond donors (Lipinski definition) is 1. The Bertz CT molecular complexity index is 162. The molecule has 2 nitrogen and oxygen atoms in total. The minimum Gasteiger partial charge on any atom is -0.300 e. The van der Waals surface area contributed by atoms with Gasteiger partial charge in [0.15, 0.2) is 0 Å². The molecule has 0 spiro atoms. The summed E-state index contributed by atoms with van der Waals surface area (Å²) in [5.41, 5.74) is 0.337. The first-order valence-corrected chi connectivity index (χ1v) is 4.80. The number of nitrogens with one attached hydrogen (secondary N) is 1. The van der Waals surface area contributed by atoms with E-state index in [1.807, 2.05) is 0 Å². The molecule has 0 aliphatic carbocycles. The van der Waals surface area contributed by atoms with E-state index in [0.29, 0.717) is 17.1 Å². The van der Waals surface area contributed by atoms with Crippen LogP contribution in [0.2, 0.25) is 0 Å². The van der Waals surface area contributed by atoms with Crippen molar-refractivity contribution < 1.29 is 4.79 Å². The molecule has 1 fully saturated rings. The van der Waals surface area contributed by atoms with Crippen molar-refractivity contribution in [3.8, 4) is 0 Å². The quantitative estimate of drug-likeness (QED) is 0.614. The Morgan fingerprint density at radius 1 is 1.64 bits per heavy atom. The van der Waals surface area contributed by atoms with E-state index in [1.54, 1.807) is 11.9 Å². The van der Waals surface area contributed by atoms with Crippen LogP contribution in [0.3, 0.4) is 0 Å². The highest BCUT2D eigenvalue weighted by Gasteiger charge is 2.26. The van der Waals surface area contributed by atoms with Gasteiger partial charge in [-0.25, -0.2) is 0 Å². The lowest BCUT2D eigenvalue weighted by atomic mass is 9.89. The predicted molar refractivity (Wildman–Crippen MR) is 48.2 cm³/mol. The zero-order valence-electron chi connectivity index (χ0n) is 7.31. The summed E-state index contributed by atoms with van der Waals surface area (Å²) in [6.45, 7) is 6.61. The molecule has 1 aliphatic rings. The number of carbonyl (C=O) groups excluding carboxylic acids is 1. The molecular weight excluding hydrogens is 158 g/mol. The Balaban J connectivity index is 2.34. The molecule has 11 heavy (non-hydrogen) atoms. The van der Waals surface area contributed by atoms with Gasteiger partial charge >= 0.3 is 0 Å². The average molecular weight is 173 g/mol. The van der Waals surface area contributed by atoms with Crippen molar-refractivity contribution >= 4 is 17.9 Å². The summed E-state index contributed by atoms with van der Waals surface area (Å²) >= 11 is 1.58. The molecule has 1 atom stereocenters. The molecule has 1 heterocycles. The van der Waals surface area contributed by atoms with Crippen molar-refractivity contribution in [1.82, 2.24) is 4.72 Å². The minimum absolute atomic E-state index is 0.184. The smallest absolute Gasteiger partial charge is 0.230 e. The molecular formula is C8H15NOS. The third-order valence-electron chi connectivity index (χ3n) is 1.59. The first-order chi connectivity index (χ1) is 4.97. The van der Waals surface area contributed by atoms with Gasteiger partial charge in [-0.3, -0.25) is 9.52 Å². The van der Waals surface area contributed by atoms with Crippen LogP contribution in [0.1, 0.15) is 33.6 Å². The second kappa shape index (κ2) is 3.05. The maximum absolute atomic E-state index is 10.8. The third kappa shape index (κ3) is 3.14. The largest absolute Gasteiger partial charge is 0.300 e. The Hall–Kier alpha value is -0.180. The SMILES string of the molecule is CC(C)(C)CC1CC(=O)NS1. The fourth-order valence-electron chi connectivity index (χ4n) is 1.24. The number of rotatable bonds is 1. The van der Waals surface area contributed by atoms with E-state index in [4.69, 9.17) is 0 Å². The topological polar surface area (TPSA) is 29.1 Å². The summed E-state index contributed by atoms with van der Waals surface area (Å²) in [4.78, 5) is 10.8. The van der Waals surface area contributed by atoms with Gasteiger partial charge in [0.05, 0.1) is 0 Å². The number of amides is 1. The van der Waals surface area contributed by atoms with Crippen LogP contribution in [0, 0.1) is 5.41 Å². The fourth-order valence-corrected chi connectivity index (χ4v) is 2.44. The highest BCUT2D eigenvalue weighted by molar-refractivity contribution is 7.99. The summed E-state index contributed by atoms with van der Waals surface area (Å²) in [6.07, 6.45) is 1.80. The predicted octanol–water partition coefficient (Wildman–Crippen LogP) is 1.96. The van der Waals surface area contributed by atoms with E-state index in [0.717, 1.165) is 6.42 Å². The van der Waals surface area contributed by atoms with Gasteiger partial charge in [0, 0.05) is 11.7 Å². The van der Waals surface area contributed by atoms with Crippen molar-refractivity contribution in [2.45, 2.75) is 38.9 Å². The van der Waals surface area contributed by atoms with Crippen LogP contribution in [-0.2, 0) is 4.79 Å². The van der Waals surface area contributed by atoms with E-state index < -0.39 is 0 Å². The van der Waals surface area contributed by atoms with Gasteiger partial charge in [-0.05, 0) is 23.8 Å². The molecule has 0 radical (unpaired) electrons. The van der Waals surface area contributed by atoms with Crippen LogP contribution in [0.4, 0.5) is 0 Å². The summed E-state index contributed by atoms with van der Waals surface area (Å²) in [5, 5.41) is 0.488. The van der Waals surface area contributed by atoms with E-state index in [2.05, 4.69) is 25.5 Å². The van der Waals surface area contributed by atoms with Crippen molar-refractivity contribution in [3.63, 3.8) is 0 Å². The van der Waals surface area contributed by atoms with Crippen molar-refractivity contribution in [2.75, 3.05) is 0 Å². The van der Waals surface area contributed by atoms with Gasteiger partial charge in [-0.2, -0.15) is 0 Å². The van der Waals surface area contributed by atoms with Crippen LogP contribution in [0.25, 0.3) is 0 Å². The van der Waals surface area contributed by atoms with Gasteiger partial charge in [0.2, 0.25) is 5.91 Å². The highest BCUT2D eigenvalue weighted by atomic mass is 32.2. The second-order valence-electron chi connectivity index (χ2n) is 4.23. The lowest BCUT2D eigenvalue weighted by molar-refractivity contribution is -0.118. The Morgan fingerprint density at radius 2 is 2.27 bits per heavy atom. The molecule has 0 aromatic rings. The fraction of sp³-hybridized carbons (Fsp3) is 0.875. The van der Waals surface area contributed by atoms with Crippen LogP contribution in [0.5, 0.6) is 0 Å². The van der Waals surface area contributed by atoms with Gasteiger partial charge in [-0.1, -0.05) is 20.8 Å². The van der Waals surface area contributed by atoms with Gasteiger partial charge < -0.3 is 0 Å². The summed E-state index contributed by atoms with van der Waals surface area (Å²) < 4.78 is 2.77. The van der Waals surface area contributed by atoms with Crippen molar-refractivity contribution in [1.29, 1.82) is 0 Å². The standard InChI is InChI=1S/C8H15NOS/c1-8(2,3)5-6-4-7(10)9-11-6/h6H,4-5H2,1-3H3,(H,9,10). The molecule has 1 amide bonds. The van der Waals surface area contributed by atoms with E-state index in [1.165, 1.54) is 0 Å². The molecule has 0 aromatic carbocycles. The molecule has 1 unspecified atom stereocenters. The van der Waals surface area contributed by atoms with Crippen LogP contribution in [-0.4, -0.2) is 11.2 Å². The normalized spacial score (nSPS) is 25.4. The minimum atomic E-state index is 0.184.